The lowest BCUT2D eigenvalue weighted by molar-refractivity contribution is 0.0963. The fourth-order valence-corrected chi connectivity index (χ4v) is 2.34. The monoisotopic (exact) mass is 263 g/mol. The first kappa shape index (κ1) is 12.6. The molecule has 1 unspecified atom stereocenters. The van der Waals surface area contributed by atoms with Crippen LogP contribution in [-0.4, -0.2) is 31.9 Å². The molecule has 2 radical (unpaired) electrons. The maximum absolute atomic E-state index is 11.5. The molecule has 0 fully saturated rings. The predicted molar refractivity (Wildman–Crippen MR) is 79.5 cm³/mol. The van der Waals surface area contributed by atoms with Crippen LogP contribution in [0.4, 0.5) is 0 Å². The van der Waals surface area contributed by atoms with Crippen molar-refractivity contribution in [3.05, 3.63) is 65.4 Å². The maximum Gasteiger partial charge on any atom is 0.251 e. The minimum atomic E-state index is -0.0852. The van der Waals surface area contributed by atoms with Gasteiger partial charge in [0, 0.05) is 18.8 Å². The summed E-state index contributed by atoms with van der Waals surface area (Å²) in [6, 6.07) is 7.50. The third-order valence-electron chi connectivity index (χ3n) is 3.40. The normalized spacial score (nSPS) is 19.9. The smallest absolute Gasteiger partial charge is 0.251 e. The molecule has 0 aliphatic carbocycles. The largest absolute Gasteiger partial charge is 0.366 e. The van der Waals surface area contributed by atoms with Crippen LogP contribution in [0.3, 0.4) is 0 Å². The van der Waals surface area contributed by atoms with Crippen molar-refractivity contribution in [3.63, 3.8) is 0 Å². The Kier molecular flexibility index (Phi) is 3.10. The second kappa shape index (κ2) is 4.92. The summed E-state index contributed by atoms with van der Waals surface area (Å²) in [6.45, 7) is 0. The molecule has 1 amide bonds. The molecule has 20 heavy (non-hydrogen) atoms. The Morgan fingerprint density at radius 1 is 1.35 bits per heavy atom. The molecular weight excluding hydrogens is 249 g/mol. The summed E-state index contributed by atoms with van der Waals surface area (Å²) in [5.41, 5.74) is 3.43. The van der Waals surface area contributed by atoms with Crippen molar-refractivity contribution in [3.8, 4) is 0 Å². The molecule has 0 bridgehead atoms. The Balaban J connectivity index is 1.87. The van der Waals surface area contributed by atoms with Crippen LogP contribution < -0.4 is 10.6 Å². The average Bonchev–Trinajstić information content (AvgIpc) is 2.89. The first-order valence-corrected chi connectivity index (χ1v) is 6.41. The van der Waals surface area contributed by atoms with Crippen molar-refractivity contribution in [2.75, 3.05) is 7.05 Å². The van der Waals surface area contributed by atoms with Crippen molar-refractivity contribution in [2.24, 2.45) is 0 Å². The van der Waals surface area contributed by atoms with Gasteiger partial charge in [-0.05, 0) is 30.0 Å². The standard InChI is InChI=1S/C15H14BN3O/c1-17-15(20)11-4-2-10(3-5-11)13-8-18-14-7-6-12(16)9-19(13)14/h2-9,14,18H,1H3,(H,17,20). The average molecular weight is 263 g/mol. The highest BCUT2D eigenvalue weighted by atomic mass is 16.1. The molecule has 2 aliphatic heterocycles. The molecule has 1 aromatic carbocycles. The van der Waals surface area contributed by atoms with Crippen molar-refractivity contribution < 1.29 is 4.79 Å². The summed E-state index contributed by atoms with van der Waals surface area (Å²) in [5, 5.41) is 5.88. The first-order valence-electron chi connectivity index (χ1n) is 6.41. The number of rotatable bonds is 2. The van der Waals surface area contributed by atoms with Gasteiger partial charge >= 0.3 is 0 Å². The quantitative estimate of drug-likeness (QED) is 0.787. The van der Waals surface area contributed by atoms with E-state index in [0.717, 1.165) is 16.7 Å². The van der Waals surface area contributed by atoms with Gasteiger partial charge in [-0.25, -0.2) is 0 Å². The van der Waals surface area contributed by atoms with Gasteiger partial charge in [0.15, 0.2) is 0 Å². The topological polar surface area (TPSA) is 44.4 Å². The third-order valence-corrected chi connectivity index (χ3v) is 3.40. The summed E-state index contributed by atoms with van der Waals surface area (Å²) >= 11 is 0. The number of benzene rings is 1. The molecule has 0 spiro atoms. The second-order valence-electron chi connectivity index (χ2n) is 4.69. The number of hydrogen-bond donors (Lipinski definition) is 2. The minimum absolute atomic E-state index is 0.0852. The van der Waals surface area contributed by atoms with Gasteiger partial charge in [0.2, 0.25) is 0 Å². The van der Waals surface area contributed by atoms with E-state index in [1.165, 1.54) is 0 Å². The molecule has 3 rings (SSSR count). The Labute approximate surface area is 119 Å². The summed E-state index contributed by atoms with van der Waals surface area (Å²) in [7, 11) is 7.46. The zero-order chi connectivity index (χ0) is 14.1. The summed E-state index contributed by atoms with van der Waals surface area (Å²) in [5.74, 6) is -0.0852. The molecule has 4 nitrogen and oxygen atoms in total. The number of fused-ring (bicyclic) bond motifs is 1. The third kappa shape index (κ3) is 2.11. The van der Waals surface area contributed by atoms with Gasteiger partial charge in [-0.2, -0.15) is 0 Å². The fraction of sp³-hybridized carbons (Fsp3) is 0.133. The number of nitrogens with one attached hydrogen (secondary N) is 2. The summed E-state index contributed by atoms with van der Waals surface area (Å²) in [6.07, 6.45) is 7.87. The maximum atomic E-state index is 11.5. The molecule has 1 atom stereocenters. The van der Waals surface area contributed by atoms with Gasteiger partial charge in [-0.15, -0.1) is 0 Å². The van der Waals surface area contributed by atoms with Crippen molar-refractivity contribution in [1.29, 1.82) is 0 Å². The molecule has 0 saturated carbocycles. The Morgan fingerprint density at radius 3 is 2.80 bits per heavy atom. The van der Waals surface area contributed by atoms with E-state index < -0.39 is 0 Å². The zero-order valence-electron chi connectivity index (χ0n) is 11.1. The molecule has 5 heteroatoms. The summed E-state index contributed by atoms with van der Waals surface area (Å²) < 4.78 is 0. The number of carbonyl (C=O) groups excluding carboxylic acids is 1. The number of allylic oxidation sites excluding steroid dienone is 2. The van der Waals surface area contributed by atoms with Gasteiger partial charge in [-0.1, -0.05) is 23.7 Å². The summed E-state index contributed by atoms with van der Waals surface area (Å²) in [4.78, 5) is 13.6. The number of hydrogen-bond acceptors (Lipinski definition) is 3. The van der Waals surface area contributed by atoms with Gasteiger partial charge < -0.3 is 15.5 Å². The second-order valence-corrected chi connectivity index (χ2v) is 4.69. The highest BCUT2D eigenvalue weighted by molar-refractivity contribution is 6.23. The number of nitrogens with zero attached hydrogens (tertiary/aromatic N) is 1. The SMILES string of the molecule is [B]C1=CN2C(c3ccc(C(=O)NC)cc3)=CNC2C=C1. The van der Waals surface area contributed by atoms with E-state index in [-0.39, 0.29) is 12.1 Å². The number of carbonyl (C=O) groups is 1. The molecule has 1 aromatic rings. The Bertz CT molecular complexity index is 631. The van der Waals surface area contributed by atoms with Crippen LogP contribution >= 0.6 is 0 Å². The molecule has 98 valence electrons. The van der Waals surface area contributed by atoms with Crippen LogP contribution in [0.2, 0.25) is 0 Å². The molecule has 2 aliphatic rings. The Hall–Kier alpha value is -2.43. The van der Waals surface area contributed by atoms with Gasteiger partial charge in [0.05, 0.1) is 5.70 Å². The lowest BCUT2D eigenvalue weighted by atomic mass is 9.94. The highest BCUT2D eigenvalue weighted by Crippen LogP contribution is 2.28. The first-order chi connectivity index (χ1) is 9.69. The fourth-order valence-electron chi connectivity index (χ4n) is 2.34. The minimum Gasteiger partial charge on any atom is -0.366 e. The highest BCUT2D eigenvalue weighted by Gasteiger charge is 2.24. The van der Waals surface area contributed by atoms with Crippen molar-refractivity contribution in [2.45, 2.75) is 6.17 Å². The van der Waals surface area contributed by atoms with Crippen LogP contribution in [0.1, 0.15) is 15.9 Å². The molecular formula is C15H14BN3O. The molecule has 0 saturated heterocycles. The predicted octanol–water partition coefficient (Wildman–Crippen LogP) is 1.16. The van der Waals surface area contributed by atoms with Gasteiger partial charge in [0.25, 0.3) is 5.91 Å². The van der Waals surface area contributed by atoms with Gasteiger partial charge in [-0.3, -0.25) is 4.79 Å². The van der Waals surface area contributed by atoms with E-state index in [1.54, 1.807) is 7.05 Å². The van der Waals surface area contributed by atoms with Crippen LogP contribution in [0.5, 0.6) is 0 Å². The van der Waals surface area contributed by atoms with E-state index in [1.807, 2.05) is 48.8 Å². The van der Waals surface area contributed by atoms with E-state index in [9.17, 15) is 4.79 Å². The van der Waals surface area contributed by atoms with Crippen LogP contribution in [0.25, 0.3) is 5.70 Å². The van der Waals surface area contributed by atoms with Crippen molar-refractivity contribution >= 4 is 19.5 Å². The van der Waals surface area contributed by atoms with E-state index in [2.05, 4.69) is 15.5 Å². The number of amides is 1. The lowest BCUT2D eigenvalue weighted by Crippen LogP contribution is -2.33. The van der Waals surface area contributed by atoms with Crippen LogP contribution in [-0.2, 0) is 0 Å². The molecule has 2 heterocycles. The van der Waals surface area contributed by atoms with Crippen LogP contribution in [0, 0.1) is 0 Å². The Morgan fingerprint density at radius 2 is 2.10 bits per heavy atom. The van der Waals surface area contributed by atoms with Crippen molar-refractivity contribution in [1.82, 2.24) is 15.5 Å². The van der Waals surface area contributed by atoms with E-state index in [0.29, 0.717) is 5.56 Å². The molecule has 0 aromatic heterocycles. The van der Waals surface area contributed by atoms with E-state index >= 15 is 0 Å². The van der Waals surface area contributed by atoms with E-state index in [4.69, 9.17) is 7.85 Å². The van der Waals surface area contributed by atoms with Gasteiger partial charge in [0.1, 0.15) is 14.0 Å². The van der Waals surface area contributed by atoms with Crippen LogP contribution in [0.15, 0.2) is 54.3 Å². The zero-order valence-corrected chi connectivity index (χ0v) is 11.1. The molecule has 2 N–H and O–H groups in total. The lowest BCUT2D eigenvalue weighted by Gasteiger charge is -2.27.